The molecule has 0 saturated carbocycles. The minimum absolute atomic E-state index is 0.565. The van der Waals surface area contributed by atoms with Gasteiger partial charge in [0.05, 0.1) is 5.69 Å². The highest BCUT2D eigenvalue weighted by molar-refractivity contribution is 5.55. The highest BCUT2D eigenvalue weighted by Gasteiger charge is 2.03. The summed E-state index contributed by atoms with van der Waals surface area (Å²) in [6.07, 6.45) is 0. The van der Waals surface area contributed by atoms with E-state index in [-0.39, 0.29) is 0 Å². The van der Waals surface area contributed by atoms with Gasteiger partial charge >= 0.3 is 0 Å². The van der Waals surface area contributed by atoms with Crippen molar-refractivity contribution >= 4 is 5.69 Å². The summed E-state index contributed by atoms with van der Waals surface area (Å²) in [5.74, 6) is 1.21. The number of nitrogens with zero attached hydrogens (tertiary/aromatic N) is 1. The molecule has 0 spiro atoms. The van der Waals surface area contributed by atoms with E-state index in [2.05, 4.69) is 4.98 Å². The van der Waals surface area contributed by atoms with E-state index in [0.717, 1.165) is 11.3 Å². The summed E-state index contributed by atoms with van der Waals surface area (Å²) in [6.45, 7) is 3.91. The molecule has 0 aliphatic carbocycles. The molecule has 3 nitrogen and oxygen atoms in total. The molecule has 2 rings (SSSR count). The molecule has 0 bridgehead atoms. The second kappa shape index (κ2) is 4.23. The first kappa shape index (κ1) is 10.5. The van der Waals surface area contributed by atoms with Crippen molar-refractivity contribution in [3.8, 4) is 11.6 Å². The maximum Gasteiger partial charge on any atom is 0.219 e. The molecule has 0 unspecified atom stereocenters. The van der Waals surface area contributed by atoms with Crippen molar-refractivity contribution in [2.24, 2.45) is 0 Å². The highest BCUT2D eigenvalue weighted by Crippen LogP contribution is 2.26. The zero-order valence-electron chi connectivity index (χ0n) is 9.40. The number of rotatable bonds is 2. The molecule has 0 radical (unpaired) electrons. The predicted molar refractivity (Wildman–Crippen MR) is 64.6 cm³/mol. The molecular weight excluding hydrogens is 200 g/mol. The van der Waals surface area contributed by atoms with Crippen molar-refractivity contribution in [1.82, 2.24) is 4.98 Å². The van der Waals surface area contributed by atoms with Gasteiger partial charge in [0.25, 0.3) is 0 Å². The van der Waals surface area contributed by atoms with E-state index in [1.807, 2.05) is 50.2 Å². The lowest BCUT2D eigenvalue weighted by molar-refractivity contribution is 0.464. The Balaban J connectivity index is 2.27. The summed E-state index contributed by atoms with van der Waals surface area (Å²) >= 11 is 0. The molecule has 2 N–H and O–H groups in total. The monoisotopic (exact) mass is 214 g/mol. The van der Waals surface area contributed by atoms with Gasteiger partial charge in [0, 0.05) is 11.8 Å². The van der Waals surface area contributed by atoms with Crippen LogP contribution in [0.5, 0.6) is 11.6 Å². The zero-order chi connectivity index (χ0) is 11.5. The van der Waals surface area contributed by atoms with E-state index in [1.165, 1.54) is 0 Å². The van der Waals surface area contributed by atoms with Gasteiger partial charge in [-0.3, -0.25) is 0 Å². The Labute approximate surface area is 94.9 Å². The number of aromatic nitrogens is 1. The fraction of sp³-hybridized carbons (Fsp3) is 0.154. The van der Waals surface area contributed by atoms with E-state index < -0.39 is 0 Å². The van der Waals surface area contributed by atoms with Gasteiger partial charge in [-0.2, -0.15) is 0 Å². The number of benzene rings is 1. The highest BCUT2D eigenvalue weighted by atomic mass is 16.5. The molecule has 0 aliphatic rings. The number of anilines is 1. The van der Waals surface area contributed by atoms with Crippen LogP contribution in [0, 0.1) is 13.8 Å². The molecule has 2 aromatic rings. The molecule has 0 atom stereocenters. The van der Waals surface area contributed by atoms with Crippen LogP contribution < -0.4 is 10.5 Å². The minimum atomic E-state index is 0.565. The van der Waals surface area contributed by atoms with Gasteiger partial charge in [-0.25, -0.2) is 4.98 Å². The predicted octanol–water partition coefficient (Wildman–Crippen LogP) is 3.07. The summed E-state index contributed by atoms with van der Waals surface area (Å²) in [5.41, 5.74) is 8.52. The Hall–Kier alpha value is -2.03. The number of ether oxygens (including phenoxy) is 1. The number of nitrogen functional groups attached to an aromatic ring is 1. The summed E-state index contributed by atoms with van der Waals surface area (Å²) in [6, 6.07) is 11.3. The number of nitrogens with two attached hydrogens (primary N) is 1. The van der Waals surface area contributed by atoms with Crippen LogP contribution in [-0.4, -0.2) is 4.98 Å². The fourth-order valence-corrected chi connectivity index (χ4v) is 1.45. The first-order valence-electron chi connectivity index (χ1n) is 5.13. The Bertz CT molecular complexity index is 509. The lowest BCUT2D eigenvalue weighted by atomic mass is 10.2. The SMILES string of the molecule is Cc1ccc(Oc2cccc(C)n2)c(N)c1. The van der Waals surface area contributed by atoms with Crippen molar-refractivity contribution in [2.45, 2.75) is 13.8 Å². The first-order chi connectivity index (χ1) is 7.65. The Morgan fingerprint density at radius 2 is 1.94 bits per heavy atom. The van der Waals surface area contributed by atoms with Crippen molar-refractivity contribution in [3.05, 3.63) is 47.7 Å². The van der Waals surface area contributed by atoms with Crippen LogP contribution in [0.25, 0.3) is 0 Å². The number of hydrogen-bond donors (Lipinski definition) is 1. The summed E-state index contributed by atoms with van der Waals surface area (Å²) in [5, 5.41) is 0. The quantitative estimate of drug-likeness (QED) is 0.781. The first-order valence-corrected chi connectivity index (χ1v) is 5.13. The molecule has 0 aliphatic heterocycles. The van der Waals surface area contributed by atoms with Crippen molar-refractivity contribution < 1.29 is 4.74 Å². The molecule has 0 fully saturated rings. The zero-order valence-corrected chi connectivity index (χ0v) is 9.40. The van der Waals surface area contributed by atoms with E-state index in [1.54, 1.807) is 0 Å². The van der Waals surface area contributed by atoms with E-state index in [0.29, 0.717) is 17.3 Å². The summed E-state index contributed by atoms with van der Waals surface area (Å²) < 4.78 is 5.61. The largest absolute Gasteiger partial charge is 0.437 e. The van der Waals surface area contributed by atoms with E-state index in [4.69, 9.17) is 10.5 Å². The van der Waals surface area contributed by atoms with Crippen LogP contribution in [0.4, 0.5) is 5.69 Å². The van der Waals surface area contributed by atoms with Gasteiger partial charge in [-0.15, -0.1) is 0 Å². The lowest BCUT2D eigenvalue weighted by Gasteiger charge is -2.08. The van der Waals surface area contributed by atoms with Gasteiger partial charge in [0.1, 0.15) is 0 Å². The molecule has 1 aromatic heterocycles. The Morgan fingerprint density at radius 1 is 1.12 bits per heavy atom. The van der Waals surface area contributed by atoms with Crippen LogP contribution in [0.3, 0.4) is 0 Å². The Morgan fingerprint density at radius 3 is 2.62 bits per heavy atom. The molecule has 3 heteroatoms. The van der Waals surface area contributed by atoms with E-state index in [9.17, 15) is 0 Å². The molecule has 1 aromatic carbocycles. The number of hydrogen-bond acceptors (Lipinski definition) is 3. The van der Waals surface area contributed by atoms with Crippen LogP contribution >= 0.6 is 0 Å². The molecule has 82 valence electrons. The smallest absolute Gasteiger partial charge is 0.219 e. The summed E-state index contributed by atoms with van der Waals surface area (Å²) in [4.78, 5) is 4.25. The van der Waals surface area contributed by atoms with Crippen LogP contribution in [0.15, 0.2) is 36.4 Å². The molecule has 16 heavy (non-hydrogen) atoms. The molecule has 0 amide bonds. The molecular formula is C13H14N2O. The third-order valence-corrected chi connectivity index (χ3v) is 2.24. The van der Waals surface area contributed by atoms with Gasteiger partial charge in [-0.05, 0) is 37.6 Å². The molecule has 1 heterocycles. The average molecular weight is 214 g/mol. The summed E-state index contributed by atoms with van der Waals surface area (Å²) in [7, 11) is 0. The Kier molecular flexibility index (Phi) is 2.77. The van der Waals surface area contributed by atoms with Gasteiger partial charge in [0.15, 0.2) is 5.75 Å². The van der Waals surface area contributed by atoms with Gasteiger partial charge < -0.3 is 10.5 Å². The third kappa shape index (κ3) is 2.31. The van der Waals surface area contributed by atoms with E-state index >= 15 is 0 Å². The lowest BCUT2D eigenvalue weighted by Crippen LogP contribution is -1.94. The fourth-order valence-electron chi connectivity index (χ4n) is 1.45. The maximum absolute atomic E-state index is 5.85. The van der Waals surface area contributed by atoms with Crippen molar-refractivity contribution in [3.63, 3.8) is 0 Å². The topological polar surface area (TPSA) is 48.1 Å². The van der Waals surface area contributed by atoms with Gasteiger partial charge in [-0.1, -0.05) is 12.1 Å². The number of aryl methyl sites for hydroxylation is 2. The standard InChI is InChI=1S/C13H14N2O/c1-9-6-7-12(11(14)8-9)16-13-5-3-4-10(2)15-13/h3-8H,14H2,1-2H3. The van der Waals surface area contributed by atoms with Crippen LogP contribution in [0.1, 0.15) is 11.3 Å². The van der Waals surface area contributed by atoms with Crippen molar-refractivity contribution in [2.75, 3.05) is 5.73 Å². The minimum Gasteiger partial charge on any atom is -0.437 e. The number of pyridine rings is 1. The van der Waals surface area contributed by atoms with Gasteiger partial charge in [0.2, 0.25) is 5.88 Å². The molecule has 0 saturated heterocycles. The average Bonchev–Trinajstić information content (AvgIpc) is 2.22. The van der Waals surface area contributed by atoms with Crippen LogP contribution in [-0.2, 0) is 0 Å². The third-order valence-electron chi connectivity index (χ3n) is 2.24. The maximum atomic E-state index is 5.85. The second-order valence-corrected chi connectivity index (χ2v) is 3.76. The normalized spacial score (nSPS) is 10.1. The van der Waals surface area contributed by atoms with Crippen molar-refractivity contribution in [1.29, 1.82) is 0 Å². The second-order valence-electron chi connectivity index (χ2n) is 3.76. The van der Waals surface area contributed by atoms with Crippen LogP contribution in [0.2, 0.25) is 0 Å².